The van der Waals surface area contributed by atoms with Crippen molar-refractivity contribution < 1.29 is 18.5 Å². The lowest BCUT2D eigenvalue weighted by atomic mass is 10.2. The molecule has 1 aromatic carbocycles. The summed E-state index contributed by atoms with van der Waals surface area (Å²) in [6.07, 6.45) is -3.08. The SMILES string of the molecule is Cc1c([N+](=O)[O-])c(C(F)F)nn1CC(=O)N1CCN(Cc2ccccc2Br)CC1. The Bertz CT molecular complexity index is 913. The Morgan fingerprint density at radius 3 is 2.48 bits per heavy atom. The lowest BCUT2D eigenvalue weighted by Gasteiger charge is -2.35. The summed E-state index contributed by atoms with van der Waals surface area (Å²) in [7, 11) is 0. The minimum Gasteiger partial charge on any atom is -0.339 e. The van der Waals surface area contributed by atoms with E-state index in [4.69, 9.17) is 0 Å². The van der Waals surface area contributed by atoms with E-state index in [0.717, 1.165) is 21.3 Å². The maximum atomic E-state index is 13.0. The second-order valence-electron chi connectivity index (χ2n) is 6.78. The Morgan fingerprint density at radius 2 is 1.93 bits per heavy atom. The van der Waals surface area contributed by atoms with Crippen molar-refractivity contribution in [2.75, 3.05) is 26.2 Å². The third-order valence-electron chi connectivity index (χ3n) is 4.95. The molecule has 0 unspecified atom stereocenters. The maximum Gasteiger partial charge on any atom is 0.319 e. The monoisotopic (exact) mass is 471 g/mol. The molecular formula is C18H20BrF2N5O3. The fourth-order valence-corrected chi connectivity index (χ4v) is 3.75. The van der Waals surface area contributed by atoms with E-state index in [9.17, 15) is 23.7 Å². The van der Waals surface area contributed by atoms with Gasteiger partial charge in [0.05, 0.1) is 4.92 Å². The fraction of sp³-hybridized carbons (Fsp3) is 0.444. The number of nitro groups is 1. The number of piperazine rings is 1. The van der Waals surface area contributed by atoms with Crippen molar-refractivity contribution in [1.82, 2.24) is 19.6 Å². The van der Waals surface area contributed by atoms with Crippen LogP contribution < -0.4 is 0 Å². The minimum atomic E-state index is -3.08. The molecule has 0 N–H and O–H groups in total. The van der Waals surface area contributed by atoms with Crippen LogP contribution in [0.3, 0.4) is 0 Å². The van der Waals surface area contributed by atoms with Crippen molar-refractivity contribution >= 4 is 27.5 Å². The van der Waals surface area contributed by atoms with Crippen molar-refractivity contribution in [2.24, 2.45) is 0 Å². The van der Waals surface area contributed by atoms with Gasteiger partial charge in [0.15, 0.2) is 0 Å². The van der Waals surface area contributed by atoms with Crippen LogP contribution in [0.2, 0.25) is 0 Å². The predicted octanol–water partition coefficient (Wildman–Crippen LogP) is 3.14. The number of nitrogens with zero attached hydrogens (tertiary/aromatic N) is 5. The second-order valence-corrected chi connectivity index (χ2v) is 7.64. The lowest BCUT2D eigenvalue weighted by molar-refractivity contribution is -0.386. The number of benzene rings is 1. The Balaban J connectivity index is 1.61. The summed E-state index contributed by atoms with van der Waals surface area (Å²) in [6.45, 7) is 4.11. The number of carbonyl (C=O) groups is 1. The molecule has 29 heavy (non-hydrogen) atoms. The number of carbonyl (C=O) groups excluding carboxylic acids is 1. The topological polar surface area (TPSA) is 84.5 Å². The van der Waals surface area contributed by atoms with Crippen molar-refractivity contribution in [3.63, 3.8) is 0 Å². The van der Waals surface area contributed by atoms with Gasteiger partial charge in [-0.25, -0.2) is 8.78 Å². The van der Waals surface area contributed by atoms with Gasteiger partial charge in [0, 0.05) is 37.2 Å². The highest BCUT2D eigenvalue weighted by Crippen LogP contribution is 2.30. The summed E-state index contributed by atoms with van der Waals surface area (Å²) in [6, 6.07) is 7.94. The molecule has 1 aromatic heterocycles. The summed E-state index contributed by atoms with van der Waals surface area (Å²) in [5.41, 5.74) is -0.526. The van der Waals surface area contributed by atoms with Gasteiger partial charge in [-0.05, 0) is 18.6 Å². The number of amides is 1. The zero-order chi connectivity index (χ0) is 21.1. The van der Waals surface area contributed by atoms with E-state index in [0.29, 0.717) is 26.2 Å². The van der Waals surface area contributed by atoms with Crippen LogP contribution in [0.25, 0.3) is 0 Å². The third-order valence-corrected chi connectivity index (χ3v) is 5.73. The van der Waals surface area contributed by atoms with Crippen LogP contribution >= 0.6 is 15.9 Å². The molecule has 156 valence electrons. The molecule has 3 rings (SSSR count). The van der Waals surface area contributed by atoms with E-state index in [1.807, 2.05) is 24.3 Å². The Morgan fingerprint density at radius 1 is 1.28 bits per heavy atom. The van der Waals surface area contributed by atoms with Crippen molar-refractivity contribution in [3.05, 3.63) is 55.8 Å². The summed E-state index contributed by atoms with van der Waals surface area (Å²) in [5, 5.41) is 14.7. The van der Waals surface area contributed by atoms with Gasteiger partial charge in [0.2, 0.25) is 11.6 Å². The van der Waals surface area contributed by atoms with Gasteiger partial charge in [-0.3, -0.25) is 24.5 Å². The van der Waals surface area contributed by atoms with Gasteiger partial charge in [-0.15, -0.1) is 0 Å². The quantitative estimate of drug-likeness (QED) is 0.477. The van der Waals surface area contributed by atoms with E-state index in [2.05, 4.69) is 25.9 Å². The first kappa shape index (κ1) is 21.3. The number of halogens is 3. The lowest BCUT2D eigenvalue weighted by Crippen LogP contribution is -2.49. The number of rotatable bonds is 6. The second kappa shape index (κ2) is 8.95. The molecule has 1 saturated heterocycles. The van der Waals surface area contributed by atoms with E-state index < -0.39 is 22.7 Å². The molecule has 1 fully saturated rings. The van der Waals surface area contributed by atoms with E-state index in [1.165, 1.54) is 6.92 Å². The average molecular weight is 472 g/mol. The summed E-state index contributed by atoms with van der Waals surface area (Å²) >= 11 is 3.53. The number of alkyl halides is 2. The van der Waals surface area contributed by atoms with Gasteiger partial charge in [-0.2, -0.15) is 5.10 Å². The van der Waals surface area contributed by atoms with Gasteiger partial charge in [0.1, 0.15) is 12.2 Å². The molecule has 1 aliphatic rings. The van der Waals surface area contributed by atoms with Crippen molar-refractivity contribution in [1.29, 1.82) is 0 Å². The molecular weight excluding hydrogens is 452 g/mol. The smallest absolute Gasteiger partial charge is 0.319 e. The van der Waals surface area contributed by atoms with Crippen LogP contribution in [0.4, 0.5) is 14.5 Å². The first-order valence-electron chi connectivity index (χ1n) is 9.01. The molecule has 0 atom stereocenters. The molecule has 11 heteroatoms. The molecule has 0 saturated carbocycles. The van der Waals surface area contributed by atoms with Gasteiger partial charge in [-0.1, -0.05) is 34.1 Å². The van der Waals surface area contributed by atoms with Crippen LogP contribution in [0, 0.1) is 17.0 Å². The first-order chi connectivity index (χ1) is 13.8. The summed E-state index contributed by atoms with van der Waals surface area (Å²) < 4.78 is 28.1. The zero-order valence-electron chi connectivity index (χ0n) is 15.7. The maximum absolute atomic E-state index is 13.0. The van der Waals surface area contributed by atoms with Crippen molar-refractivity contribution in [2.45, 2.75) is 26.4 Å². The van der Waals surface area contributed by atoms with Crippen LogP contribution in [0.1, 0.15) is 23.4 Å². The molecule has 1 amide bonds. The number of aromatic nitrogens is 2. The molecule has 2 heterocycles. The molecule has 0 radical (unpaired) electrons. The minimum absolute atomic E-state index is 0.0498. The highest BCUT2D eigenvalue weighted by molar-refractivity contribution is 9.10. The highest BCUT2D eigenvalue weighted by Gasteiger charge is 2.32. The summed E-state index contributed by atoms with van der Waals surface area (Å²) in [5.74, 6) is -0.299. The Kier molecular flexibility index (Phi) is 6.58. The van der Waals surface area contributed by atoms with E-state index in [-0.39, 0.29) is 18.1 Å². The standard InChI is InChI=1S/C18H20BrF2N5O3/c1-12-17(26(28)29)16(18(20)21)22-25(12)11-15(27)24-8-6-23(7-9-24)10-13-4-2-3-5-14(13)19/h2-5,18H,6-11H2,1H3. The third kappa shape index (κ3) is 4.78. The normalized spacial score (nSPS) is 15.1. The zero-order valence-corrected chi connectivity index (χ0v) is 17.3. The largest absolute Gasteiger partial charge is 0.339 e. The van der Waals surface area contributed by atoms with Gasteiger partial charge < -0.3 is 4.90 Å². The molecule has 8 nitrogen and oxygen atoms in total. The number of hydrogen-bond donors (Lipinski definition) is 0. The molecule has 0 aliphatic carbocycles. The molecule has 1 aliphatic heterocycles. The summed E-state index contributed by atoms with van der Waals surface area (Å²) in [4.78, 5) is 26.6. The van der Waals surface area contributed by atoms with Gasteiger partial charge >= 0.3 is 5.69 Å². The van der Waals surface area contributed by atoms with Crippen LogP contribution in [-0.4, -0.2) is 56.6 Å². The molecule has 0 bridgehead atoms. The molecule has 2 aromatic rings. The average Bonchev–Trinajstić information content (AvgIpc) is 3.01. The first-order valence-corrected chi connectivity index (χ1v) is 9.80. The number of hydrogen-bond acceptors (Lipinski definition) is 5. The fourth-order valence-electron chi connectivity index (χ4n) is 3.34. The highest BCUT2D eigenvalue weighted by atomic mass is 79.9. The molecule has 0 spiro atoms. The Labute approximate surface area is 174 Å². The van der Waals surface area contributed by atoms with Crippen molar-refractivity contribution in [3.8, 4) is 0 Å². The predicted molar refractivity (Wildman–Crippen MR) is 105 cm³/mol. The van der Waals surface area contributed by atoms with Gasteiger partial charge in [0.25, 0.3) is 6.43 Å². The van der Waals surface area contributed by atoms with E-state index >= 15 is 0 Å². The van der Waals surface area contributed by atoms with Crippen LogP contribution in [0.15, 0.2) is 28.7 Å². The Hall–Kier alpha value is -2.40. The van der Waals surface area contributed by atoms with Crippen LogP contribution in [-0.2, 0) is 17.9 Å². The van der Waals surface area contributed by atoms with Crippen LogP contribution in [0.5, 0.6) is 0 Å². The van der Waals surface area contributed by atoms with E-state index in [1.54, 1.807) is 4.90 Å².